The monoisotopic (exact) mass is 1710 g/mol. The lowest BCUT2D eigenvalue weighted by molar-refractivity contribution is -0.142. The van der Waals surface area contributed by atoms with E-state index in [0.717, 1.165) is 74.3 Å². The van der Waals surface area contributed by atoms with Crippen molar-refractivity contribution < 1.29 is 111 Å². The number of aliphatic carboxylic acids is 1. The average Bonchev–Trinajstić information content (AvgIpc) is 1.47. The van der Waals surface area contributed by atoms with Gasteiger partial charge in [-0.05, 0) is 178 Å². The number of para-hydroxylation sites is 5. The highest BCUT2D eigenvalue weighted by atomic mass is 19.2. The molecule has 3 aliphatic rings. The Morgan fingerprint density at radius 1 is 0.431 bits per heavy atom. The zero-order chi connectivity index (χ0) is 89.2. The van der Waals surface area contributed by atoms with Gasteiger partial charge in [-0.1, -0.05) is 98.4 Å². The van der Waals surface area contributed by atoms with Crippen molar-refractivity contribution in [2.45, 2.75) is 136 Å². The lowest BCUT2D eigenvalue weighted by Gasteiger charge is -2.28. The maximum atomic E-state index is 14.5. The van der Waals surface area contributed by atoms with Gasteiger partial charge in [-0.25, -0.2) is 62.7 Å². The summed E-state index contributed by atoms with van der Waals surface area (Å²) in [5.41, 5.74) is 3.37. The number of rotatable bonds is 16. The highest BCUT2D eigenvalue weighted by molar-refractivity contribution is 5.86. The van der Waals surface area contributed by atoms with Gasteiger partial charge in [0.1, 0.15) is 93.3 Å². The molecule has 21 nitrogen and oxygen atoms in total. The van der Waals surface area contributed by atoms with Gasteiger partial charge in [0, 0.05) is 79.7 Å². The molecule has 3 saturated heterocycles. The van der Waals surface area contributed by atoms with Crippen molar-refractivity contribution in [1.29, 1.82) is 10.5 Å². The summed E-state index contributed by atoms with van der Waals surface area (Å²) in [6, 6.07) is 52.7. The van der Waals surface area contributed by atoms with E-state index in [0.29, 0.717) is 73.2 Å². The summed E-state index contributed by atoms with van der Waals surface area (Å²) in [6.07, 6.45) is 2.96. The van der Waals surface area contributed by atoms with E-state index in [-0.39, 0.29) is 84.3 Å². The van der Waals surface area contributed by atoms with Crippen LogP contribution in [0.2, 0.25) is 0 Å². The molecule has 0 bridgehead atoms. The van der Waals surface area contributed by atoms with E-state index in [4.69, 9.17) is 54.9 Å². The molecular formula is C91H91F11N8O13. The average molecular weight is 1710 g/mol. The molecule has 0 aromatic heterocycles. The second-order valence-corrected chi connectivity index (χ2v) is 28.6. The fraction of sp³-hybridized carbons (Fsp3) is 0.264. The number of hydrogen-bond donors (Lipinski definition) is 6. The molecule has 13 rings (SSSR count). The number of halogens is 11. The number of carbonyl (C=O) groups excluding carboxylic acids is 4. The zero-order valence-electron chi connectivity index (χ0n) is 66.8. The summed E-state index contributed by atoms with van der Waals surface area (Å²) in [7, 11) is 0. The van der Waals surface area contributed by atoms with Crippen molar-refractivity contribution in [3.8, 4) is 63.9 Å². The fourth-order valence-electron chi connectivity index (χ4n) is 11.2. The van der Waals surface area contributed by atoms with Gasteiger partial charge in [0.2, 0.25) is 11.8 Å². The van der Waals surface area contributed by atoms with Gasteiger partial charge >= 0.3 is 18.2 Å². The first-order chi connectivity index (χ1) is 58.0. The summed E-state index contributed by atoms with van der Waals surface area (Å²) >= 11 is 0. The van der Waals surface area contributed by atoms with Gasteiger partial charge in [-0.3, -0.25) is 19.4 Å². The number of ether oxygens (including phenoxy) is 6. The molecule has 3 atom stereocenters. The Morgan fingerprint density at radius 2 is 0.756 bits per heavy atom. The third-order valence-corrected chi connectivity index (χ3v) is 17.1. The van der Waals surface area contributed by atoms with Crippen LogP contribution < -0.4 is 40.6 Å². The maximum absolute atomic E-state index is 14.5. The number of nitrogens with one attached hydrogen (secondary N) is 3. The second kappa shape index (κ2) is 47.9. The van der Waals surface area contributed by atoms with Crippen molar-refractivity contribution in [2.75, 3.05) is 19.6 Å². The molecule has 0 aliphatic carbocycles. The van der Waals surface area contributed by atoms with Gasteiger partial charge in [-0.2, -0.15) is 10.5 Å². The number of likely N-dealkylation sites (tertiary alicyclic amines) is 2. The van der Waals surface area contributed by atoms with Crippen molar-refractivity contribution in [3.05, 3.63) is 304 Å². The summed E-state index contributed by atoms with van der Waals surface area (Å²) < 4.78 is 179. The SMILES string of the molecule is C.CC(C)(C)OC(=O)N1CCC[C@H]1C(=O)NCc1cc(F)c(Oc2ccccc2)cc1F.CC(C)(C)OC(=O)N1CCC[C@H]1C(=O)O.N#Cc1cc(F)c(F)cc1F.N#Cc1cc(F)c(Oc2ccccc2)cc1F.NCc1cc(F)c(Oc2ccccc2)cc1F.O=C(NCc1cc(F)c(Oc2ccccc2)cc1F)[C@@H]1CCCN1.Oc1ccccc1. The van der Waals surface area contributed by atoms with Crippen molar-refractivity contribution in [2.24, 2.45) is 5.73 Å². The van der Waals surface area contributed by atoms with Crippen LogP contribution in [0.1, 0.15) is 115 Å². The van der Waals surface area contributed by atoms with Gasteiger partial charge in [-0.15, -0.1) is 0 Å². The van der Waals surface area contributed by atoms with Crippen LogP contribution in [0, 0.1) is 86.7 Å². The van der Waals surface area contributed by atoms with Crippen LogP contribution in [0.5, 0.6) is 51.7 Å². The summed E-state index contributed by atoms with van der Waals surface area (Å²) in [4.78, 5) is 62.0. The van der Waals surface area contributed by atoms with E-state index in [1.807, 2.05) is 6.07 Å². The first kappa shape index (κ1) is 98.1. The number of carboxylic acid groups (broad SMARTS) is 1. The molecule has 0 spiro atoms. The van der Waals surface area contributed by atoms with Crippen molar-refractivity contribution >= 4 is 30.0 Å². The molecule has 32 heteroatoms. The van der Waals surface area contributed by atoms with E-state index in [1.54, 1.807) is 193 Å². The number of benzene rings is 10. The largest absolute Gasteiger partial charge is 0.508 e. The highest BCUT2D eigenvalue weighted by Crippen LogP contribution is 2.33. The van der Waals surface area contributed by atoms with E-state index in [2.05, 4.69) is 16.0 Å². The molecule has 4 amide bonds. The molecule has 3 heterocycles. The first-order valence-electron chi connectivity index (χ1n) is 37.8. The predicted octanol–water partition coefficient (Wildman–Crippen LogP) is 20.2. The molecule has 10 aromatic rings. The predicted molar refractivity (Wildman–Crippen MR) is 434 cm³/mol. The Morgan fingerprint density at radius 3 is 1.11 bits per heavy atom. The van der Waals surface area contributed by atoms with Gasteiger partial charge in [0.15, 0.2) is 57.9 Å². The van der Waals surface area contributed by atoms with Crippen LogP contribution in [0.3, 0.4) is 0 Å². The number of phenolic OH excluding ortho intramolecular Hbond substituents is 1. The Kier molecular flexibility index (Phi) is 38.2. The standard InChI is InChI=1S/C23H26F2N2O4.C18H18F2N2O2.C13H11F2NO.C13H7F2NO.C10H17NO4.C7H2F3N.C6H6O.CH4/c1-23(2,3)31-22(29)27-11-7-10-19(27)21(28)26-14-15-12-18(25)20(13-17(15)24)30-16-8-5-4-6-9-16;19-14-10-17(24-13-5-2-1-3-6-13)15(20)9-12(14)11-22-18(23)16-7-4-8-21-16;2*14-11-7-13(12(15)6-9(11)8-16)17-10-4-2-1-3-5-10;1-10(2,3)15-9(14)11-6-4-5-7(11)8(12)13;8-5-2-7(10)6(9)1-4(5)3-11;7-6-4-2-1-3-5-6;/h4-6,8-9,12-13,19H,7,10-11,14H2,1-3H3,(H,26,28);1-3,5-6,9-10,16,21H,4,7-8,11H2,(H,22,23);1-7H,8,16H2;1-7H;7H,4-6H2,1-3H3,(H,12,13);1-2H;1-5,7H;1H4/t19-;16-;;;7-;;;/m00..0.../s1. The molecule has 3 fully saturated rings. The van der Waals surface area contributed by atoms with Crippen LogP contribution in [0.25, 0.3) is 0 Å². The van der Waals surface area contributed by atoms with E-state index in [9.17, 15) is 72.3 Å². The molecule has 3 aliphatic heterocycles. The zero-order valence-corrected chi connectivity index (χ0v) is 66.8. The van der Waals surface area contributed by atoms with Crippen LogP contribution in [0.4, 0.5) is 57.9 Å². The van der Waals surface area contributed by atoms with E-state index < -0.39 is 117 Å². The molecule has 7 N–H and O–H groups in total. The minimum Gasteiger partial charge on any atom is -0.508 e. The lowest BCUT2D eigenvalue weighted by Crippen LogP contribution is -2.47. The molecule has 123 heavy (non-hydrogen) atoms. The third kappa shape index (κ3) is 32.1. The van der Waals surface area contributed by atoms with E-state index in [1.165, 1.54) is 15.9 Å². The maximum Gasteiger partial charge on any atom is 0.411 e. The number of carbonyl (C=O) groups is 5. The third-order valence-electron chi connectivity index (χ3n) is 17.1. The number of phenols is 1. The van der Waals surface area contributed by atoms with Gasteiger partial charge in [0.25, 0.3) is 0 Å². The first-order valence-corrected chi connectivity index (χ1v) is 37.8. The Hall–Kier alpha value is -13.7. The summed E-state index contributed by atoms with van der Waals surface area (Å²) in [6.45, 7) is 11.9. The molecule has 10 aromatic carbocycles. The number of amides is 4. The minimum atomic E-state index is -1.29. The quantitative estimate of drug-likeness (QED) is 0.0387. The molecule has 650 valence electrons. The van der Waals surface area contributed by atoms with Gasteiger partial charge < -0.3 is 60.3 Å². The fourth-order valence-corrected chi connectivity index (χ4v) is 11.2. The minimum absolute atomic E-state index is 0. The Balaban J connectivity index is 0.000000230. The smallest absolute Gasteiger partial charge is 0.411 e. The number of nitrogens with two attached hydrogens (primary N) is 1. The topological polar surface area (TPSA) is 297 Å². The van der Waals surface area contributed by atoms with Gasteiger partial charge in [0.05, 0.1) is 17.2 Å². The van der Waals surface area contributed by atoms with Crippen molar-refractivity contribution in [1.82, 2.24) is 25.8 Å². The Labute approximate surface area is 703 Å². The number of carboxylic acids is 1. The van der Waals surface area contributed by atoms with E-state index >= 15 is 0 Å². The number of hydrogen-bond acceptors (Lipinski definition) is 16. The van der Waals surface area contributed by atoms with Crippen LogP contribution in [0.15, 0.2) is 212 Å². The molecule has 0 saturated carbocycles. The number of aromatic hydroxyl groups is 1. The highest BCUT2D eigenvalue weighted by Gasteiger charge is 2.38. The molecule has 0 radical (unpaired) electrons. The number of nitrogens with zero attached hydrogens (tertiary/aromatic N) is 4. The van der Waals surface area contributed by atoms with Crippen LogP contribution >= 0.6 is 0 Å². The second-order valence-electron chi connectivity index (χ2n) is 28.6. The number of nitriles is 2. The summed E-state index contributed by atoms with van der Waals surface area (Å²) in [5, 5.41) is 42.5. The van der Waals surface area contributed by atoms with Crippen LogP contribution in [-0.2, 0) is 43.5 Å². The normalized spacial score (nSPS) is 14.1. The van der Waals surface area contributed by atoms with Crippen LogP contribution in [-0.4, -0.2) is 98.9 Å². The summed E-state index contributed by atoms with van der Waals surface area (Å²) in [5.74, 6) is -9.53. The Bertz CT molecular complexity index is 5220. The molecule has 0 unspecified atom stereocenters. The molecular weight excluding hydrogens is 1620 g/mol. The lowest BCUT2D eigenvalue weighted by atomic mass is 10.1. The van der Waals surface area contributed by atoms with Crippen molar-refractivity contribution in [3.63, 3.8) is 0 Å².